The van der Waals surface area contributed by atoms with Gasteiger partial charge < -0.3 is 0 Å². The Hall–Kier alpha value is -1.12. The molecule has 0 N–H and O–H groups in total. The Labute approximate surface area is 134 Å². The quantitative estimate of drug-likeness (QED) is 0.823. The zero-order valence-corrected chi connectivity index (χ0v) is 14.4. The fraction of sp³-hybridized carbons (Fsp3) is 0.600. The number of hydrogen-bond donors (Lipinski definition) is 0. The van der Waals surface area contributed by atoms with E-state index < -0.39 is 34.8 Å². The van der Waals surface area contributed by atoms with Crippen LogP contribution in [0.1, 0.15) is 18.1 Å². The van der Waals surface area contributed by atoms with Gasteiger partial charge in [0, 0.05) is 19.1 Å². The van der Waals surface area contributed by atoms with E-state index in [4.69, 9.17) is 0 Å². The Balaban J connectivity index is 2.42. The minimum absolute atomic E-state index is 0.0405. The summed E-state index contributed by atoms with van der Waals surface area (Å²) in [5.74, 6) is 0. The second-order valence-electron chi connectivity index (χ2n) is 6.16. The molecule has 23 heavy (non-hydrogen) atoms. The zero-order chi connectivity index (χ0) is 17.6. The summed E-state index contributed by atoms with van der Waals surface area (Å²) in [6.07, 6.45) is -4.47. The lowest BCUT2D eigenvalue weighted by molar-refractivity contribution is -0.194. The van der Waals surface area contributed by atoms with Crippen LogP contribution >= 0.6 is 0 Å². The molecule has 1 aromatic rings. The maximum Gasteiger partial charge on any atom is 0.405 e. The van der Waals surface area contributed by atoms with Crippen molar-refractivity contribution >= 4 is 10.0 Å². The van der Waals surface area contributed by atoms with Gasteiger partial charge in [-0.25, -0.2) is 8.42 Å². The van der Waals surface area contributed by atoms with E-state index in [2.05, 4.69) is 0 Å². The fourth-order valence-electron chi connectivity index (χ4n) is 2.78. The molecule has 0 spiro atoms. The van der Waals surface area contributed by atoms with E-state index in [-0.39, 0.29) is 11.4 Å². The number of alkyl halides is 3. The lowest BCUT2D eigenvalue weighted by Crippen LogP contribution is -2.62. The third kappa shape index (κ3) is 3.54. The average molecular weight is 350 g/mol. The topological polar surface area (TPSA) is 40.6 Å². The highest BCUT2D eigenvalue weighted by atomic mass is 32.2. The monoisotopic (exact) mass is 350 g/mol. The molecule has 1 saturated heterocycles. The number of benzene rings is 1. The van der Waals surface area contributed by atoms with Crippen molar-refractivity contribution in [3.05, 3.63) is 29.3 Å². The van der Waals surface area contributed by atoms with Crippen LogP contribution in [-0.4, -0.2) is 56.0 Å². The molecule has 0 saturated carbocycles. The second kappa shape index (κ2) is 6.07. The number of likely N-dealkylation sites (N-methyl/N-ethyl adjacent to an activating group) is 1. The number of piperazine rings is 1. The van der Waals surface area contributed by atoms with Gasteiger partial charge in [-0.15, -0.1) is 0 Å². The normalized spacial score (nSPS) is 24.8. The predicted molar refractivity (Wildman–Crippen MR) is 81.7 cm³/mol. The smallest absolute Gasteiger partial charge is 0.290 e. The number of nitrogens with zero attached hydrogens (tertiary/aromatic N) is 2. The fourth-order valence-corrected chi connectivity index (χ4v) is 4.62. The van der Waals surface area contributed by atoms with Gasteiger partial charge in [0.1, 0.15) is 6.04 Å². The largest absolute Gasteiger partial charge is 0.405 e. The van der Waals surface area contributed by atoms with Crippen LogP contribution < -0.4 is 0 Å². The van der Waals surface area contributed by atoms with Crippen LogP contribution in [0.4, 0.5) is 13.2 Å². The van der Waals surface area contributed by atoms with E-state index in [0.29, 0.717) is 5.56 Å². The molecule has 0 amide bonds. The zero-order valence-electron chi connectivity index (χ0n) is 13.6. The lowest BCUT2D eigenvalue weighted by atomic mass is 10.1. The van der Waals surface area contributed by atoms with Crippen LogP contribution in [0.5, 0.6) is 0 Å². The number of sulfonamides is 1. The Morgan fingerprint density at radius 3 is 2.35 bits per heavy atom. The first-order chi connectivity index (χ1) is 10.4. The van der Waals surface area contributed by atoms with Crippen molar-refractivity contribution < 1.29 is 21.6 Å². The highest BCUT2D eigenvalue weighted by molar-refractivity contribution is 7.89. The minimum atomic E-state index is -4.47. The number of hydrogen-bond acceptors (Lipinski definition) is 3. The Morgan fingerprint density at radius 2 is 1.78 bits per heavy atom. The van der Waals surface area contributed by atoms with Gasteiger partial charge >= 0.3 is 6.18 Å². The second-order valence-corrected chi connectivity index (χ2v) is 8.07. The highest BCUT2D eigenvalue weighted by Crippen LogP contribution is 2.32. The molecule has 130 valence electrons. The molecule has 2 unspecified atom stereocenters. The van der Waals surface area contributed by atoms with Crippen molar-refractivity contribution in [1.82, 2.24) is 9.21 Å². The van der Waals surface area contributed by atoms with Crippen LogP contribution in [0.25, 0.3) is 0 Å². The van der Waals surface area contributed by atoms with Gasteiger partial charge in [0.05, 0.1) is 4.90 Å². The average Bonchev–Trinajstić information content (AvgIpc) is 2.42. The first-order valence-electron chi connectivity index (χ1n) is 7.30. The third-order valence-electron chi connectivity index (χ3n) is 4.37. The molecule has 4 nitrogen and oxygen atoms in total. The molecule has 1 aliphatic heterocycles. The van der Waals surface area contributed by atoms with Gasteiger partial charge in [-0.2, -0.15) is 17.5 Å². The summed E-state index contributed by atoms with van der Waals surface area (Å²) in [5.41, 5.74) is 1.29. The SMILES string of the molecule is Cc1ccc(C)c(S(=O)(=O)N2CC(C)N(C)C(C(F)(F)F)C2)c1. The summed E-state index contributed by atoms with van der Waals surface area (Å²) in [4.78, 5) is 1.27. The van der Waals surface area contributed by atoms with E-state index in [1.165, 1.54) is 18.0 Å². The number of rotatable bonds is 2. The summed E-state index contributed by atoms with van der Waals surface area (Å²) < 4.78 is 66.2. The van der Waals surface area contributed by atoms with Crippen molar-refractivity contribution in [2.24, 2.45) is 0 Å². The molecular weight excluding hydrogens is 329 g/mol. The molecule has 1 aromatic carbocycles. The van der Waals surface area contributed by atoms with Gasteiger partial charge in [-0.05, 0) is 45.0 Å². The van der Waals surface area contributed by atoms with Crippen LogP contribution in [0.3, 0.4) is 0 Å². The van der Waals surface area contributed by atoms with Crippen molar-refractivity contribution in [3.8, 4) is 0 Å². The van der Waals surface area contributed by atoms with E-state index in [1.807, 2.05) is 0 Å². The minimum Gasteiger partial charge on any atom is -0.290 e. The Bertz CT molecular complexity index is 688. The molecule has 8 heteroatoms. The van der Waals surface area contributed by atoms with Crippen molar-refractivity contribution in [2.75, 3.05) is 20.1 Å². The summed E-state index contributed by atoms with van der Waals surface area (Å²) in [7, 11) is -2.58. The molecule has 1 heterocycles. The maximum atomic E-state index is 13.2. The molecule has 2 atom stereocenters. The van der Waals surface area contributed by atoms with E-state index in [0.717, 1.165) is 9.87 Å². The van der Waals surface area contributed by atoms with Crippen LogP contribution in [0.2, 0.25) is 0 Å². The maximum absolute atomic E-state index is 13.2. The number of halogens is 3. The molecule has 0 radical (unpaired) electrons. The molecule has 1 fully saturated rings. The Kier molecular flexibility index (Phi) is 4.81. The molecule has 0 bridgehead atoms. The van der Waals surface area contributed by atoms with Gasteiger partial charge in [0.15, 0.2) is 0 Å². The van der Waals surface area contributed by atoms with Crippen LogP contribution in [0, 0.1) is 13.8 Å². The van der Waals surface area contributed by atoms with Crippen molar-refractivity contribution in [1.29, 1.82) is 0 Å². The van der Waals surface area contributed by atoms with E-state index in [1.54, 1.807) is 32.9 Å². The standard InChI is InChI=1S/C15H21F3N2O2S/c1-10-5-6-11(2)13(7-10)23(21,22)20-8-12(3)19(4)14(9-20)15(16,17)18/h5-7,12,14H,8-9H2,1-4H3. The third-order valence-corrected chi connectivity index (χ3v) is 6.34. The van der Waals surface area contributed by atoms with Crippen molar-refractivity contribution in [2.45, 2.75) is 43.9 Å². The summed E-state index contributed by atoms with van der Waals surface area (Å²) >= 11 is 0. The van der Waals surface area contributed by atoms with Gasteiger partial charge in [0.2, 0.25) is 10.0 Å². The van der Waals surface area contributed by atoms with Gasteiger partial charge in [-0.3, -0.25) is 4.90 Å². The first-order valence-corrected chi connectivity index (χ1v) is 8.74. The predicted octanol–water partition coefficient (Wildman–Crippen LogP) is 2.56. The molecule has 0 aromatic heterocycles. The Morgan fingerprint density at radius 1 is 1.17 bits per heavy atom. The molecular formula is C15H21F3N2O2S. The summed E-state index contributed by atoms with van der Waals surface area (Å²) in [6, 6.07) is 2.64. The summed E-state index contributed by atoms with van der Waals surface area (Å²) in [5, 5.41) is 0. The summed E-state index contributed by atoms with van der Waals surface area (Å²) in [6.45, 7) is 4.46. The van der Waals surface area contributed by atoms with Gasteiger partial charge in [0.25, 0.3) is 0 Å². The highest BCUT2D eigenvalue weighted by Gasteiger charge is 2.49. The van der Waals surface area contributed by atoms with Crippen LogP contribution in [0.15, 0.2) is 23.1 Å². The molecule has 1 aliphatic rings. The first kappa shape index (κ1) is 18.2. The van der Waals surface area contributed by atoms with Gasteiger partial charge in [-0.1, -0.05) is 12.1 Å². The lowest BCUT2D eigenvalue weighted by Gasteiger charge is -2.43. The van der Waals surface area contributed by atoms with Crippen molar-refractivity contribution in [3.63, 3.8) is 0 Å². The number of aryl methyl sites for hydroxylation is 2. The molecule has 0 aliphatic carbocycles. The van der Waals surface area contributed by atoms with E-state index >= 15 is 0 Å². The molecule has 2 rings (SSSR count). The van der Waals surface area contributed by atoms with E-state index in [9.17, 15) is 21.6 Å². The van der Waals surface area contributed by atoms with Crippen LogP contribution in [-0.2, 0) is 10.0 Å².